The van der Waals surface area contributed by atoms with Crippen LogP contribution < -0.4 is 5.73 Å². The highest BCUT2D eigenvalue weighted by atomic mass is 16.6. The molecule has 2 rings (SSSR count). The average Bonchev–Trinajstić information content (AvgIpc) is 2.46. The number of nitrogens with zero attached hydrogens (tertiary/aromatic N) is 2. The summed E-state index contributed by atoms with van der Waals surface area (Å²) in [5.74, 6) is 0.532. The molecule has 0 unspecified atom stereocenters. The van der Waals surface area contributed by atoms with E-state index in [1.54, 1.807) is 9.80 Å². The van der Waals surface area contributed by atoms with E-state index in [9.17, 15) is 9.59 Å². The Morgan fingerprint density at radius 3 is 2.16 bits per heavy atom. The van der Waals surface area contributed by atoms with Crippen molar-refractivity contribution in [3.63, 3.8) is 0 Å². The molecule has 2 aliphatic rings. The van der Waals surface area contributed by atoms with Gasteiger partial charge in [0.1, 0.15) is 0 Å². The normalized spacial score (nSPS) is 21.3. The van der Waals surface area contributed by atoms with Gasteiger partial charge in [-0.2, -0.15) is 0 Å². The van der Waals surface area contributed by atoms with Crippen molar-refractivity contribution in [1.29, 1.82) is 0 Å². The lowest BCUT2D eigenvalue weighted by Crippen LogP contribution is -2.52. The second kappa shape index (κ2) is 6.63. The third-order valence-electron chi connectivity index (χ3n) is 4.02. The largest absolute Gasteiger partial charge is 0.449 e. The minimum absolute atomic E-state index is 0.255. The van der Waals surface area contributed by atoms with Crippen LogP contribution in [-0.2, 0) is 4.74 Å². The van der Waals surface area contributed by atoms with Gasteiger partial charge in [-0.3, -0.25) is 0 Å². The second-order valence-corrected chi connectivity index (χ2v) is 5.39. The Labute approximate surface area is 113 Å². The van der Waals surface area contributed by atoms with Gasteiger partial charge in [0.2, 0.25) is 0 Å². The Morgan fingerprint density at radius 1 is 1.00 bits per heavy atom. The molecule has 0 spiro atoms. The maximum atomic E-state index is 11.9. The molecule has 1 saturated carbocycles. The first-order chi connectivity index (χ1) is 9.16. The highest BCUT2D eigenvalue weighted by Gasteiger charge is 2.24. The number of urea groups is 1. The van der Waals surface area contributed by atoms with Crippen molar-refractivity contribution in [2.45, 2.75) is 32.1 Å². The van der Waals surface area contributed by atoms with Crippen LogP contribution in [0.15, 0.2) is 0 Å². The number of amides is 3. The Bertz CT molecular complexity index is 321. The fourth-order valence-corrected chi connectivity index (χ4v) is 2.74. The van der Waals surface area contributed by atoms with Gasteiger partial charge in [0.15, 0.2) is 0 Å². The second-order valence-electron chi connectivity index (χ2n) is 5.39. The minimum Gasteiger partial charge on any atom is -0.449 e. The van der Waals surface area contributed by atoms with E-state index in [0.29, 0.717) is 38.7 Å². The first-order valence-corrected chi connectivity index (χ1v) is 7.13. The predicted octanol–water partition coefficient (Wildman–Crippen LogP) is 1.40. The zero-order valence-electron chi connectivity index (χ0n) is 11.3. The summed E-state index contributed by atoms with van der Waals surface area (Å²) in [5.41, 5.74) is 5.20. The van der Waals surface area contributed by atoms with E-state index in [2.05, 4.69) is 0 Å². The summed E-state index contributed by atoms with van der Waals surface area (Å²) in [6, 6.07) is -0.421. The van der Waals surface area contributed by atoms with Crippen LogP contribution in [0.2, 0.25) is 0 Å². The molecule has 2 N–H and O–H groups in total. The number of nitrogens with two attached hydrogens (primary N) is 1. The van der Waals surface area contributed by atoms with Crippen LogP contribution in [0.3, 0.4) is 0 Å². The van der Waals surface area contributed by atoms with Gasteiger partial charge in [-0.1, -0.05) is 19.3 Å². The molecule has 0 atom stereocenters. The van der Waals surface area contributed by atoms with Crippen molar-refractivity contribution in [2.24, 2.45) is 11.7 Å². The Balaban J connectivity index is 1.67. The summed E-state index contributed by atoms with van der Waals surface area (Å²) >= 11 is 0. The van der Waals surface area contributed by atoms with Gasteiger partial charge < -0.3 is 20.3 Å². The number of rotatable bonds is 2. The Morgan fingerprint density at radius 2 is 1.58 bits per heavy atom. The molecular formula is C13H23N3O3. The van der Waals surface area contributed by atoms with E-state index in [-0.39, 0.29) is 6.09 Å². The fraction of sp³-hybridized carbons (Fsp3) is 0.846. The van der Waals surface area contributed by atoms with E-state index in [1.807, 2.05) is 0 Å². The fourth-order valence-electron chi connectivity index (χ4n) is 2.74. The van der Waals surface area contributed by atoms with Crippen LogP contribution >= 0.6 is 0 Å². The molecule has 19 heavy (non-hydrogen) atoms. The number of ether oxygens (including phenoxy) is 1. The number of hydrogen-bond donors (Lipinski definition) is 1. The molecule has 1 heterocycles. The van der Waals surface area contributed by atoms with Gasteiger partial charge in [-0.15, -0.1) is 0 Å². The lowest BCUT2D eigenvalue weighted by Gasteiger charge is -2.33. The lowest BCUT2D eigenvalue weighted by molar-refractivity contribution is 0.0661. The molecule has 6 heteroatoms. The molecule has 3 amide bonds. The van der Waals surface area contributed by atoms with E-state index >= 15 is 0 Å². The number of carbonyl (C=O) groups is 2. The zero-order valence-corrected chi connectivity index (χ0v) is 11.3. The van der Waals surface area contributed by atoms with Crippen LogP contribution in [0.25, 0.3) is 0 Å². The standard InChI is InChI=1S/C13H23N3O3/c14-12(17)15-6-8-16(9-7-15)13(18)19-10-11-4-2-1-3-5-11/h11H,1-10H2,(H2,14,17). The third-order valence-corrected chi connectivity index (χ3v) is 4.02. The smallest absolute Gasteiger partial charge is 0.409 e. The van der Waals surface area contributed by atoms with Crippen molar-refractivity contribution in [2.75, 3.05) is 32.8 Å². The predicted molar refractivity (Wildman–Crippen MR) is 70.7 cm³/mol. The third kappa shape index (κ3) is 4.01. The summed E-state index contributed by atoms with van der Waals surface area (Å²) in [5, 5.41) is 0. The van der Waals surface area contributed by atoms with E-state index in [4.69, 9.17) is 10.5 Å². The number of carbonyl (C=O) groups excluding carboxylic acids is 2. The number of primary amides is 1. The highest BCUT2D eigenvalue weighted by Crippen LogP contribution is 2.23. The summed E-state index contributed by atoms with van der Waals surface area (Å²) in [4.78, 5) is 26.1. The molecule has 0 radical (unpaired) electrons. The molecular weight excluding hydrogens is 246 g/mol. The topological polar surface area (TPSA) is 75.9 Å². The highest BCUT2D eigenvalue weighted by molar-refractivity contribution is 5.73. The van der Waals surface area contributed by atoms with Gasteiger partial charge in [0, 0.05) is 26.2 Å². The maximum absolute atomic E-state index is 11.9. The zero-order chi connectivity index (χ0) is 13.7. The van der Waals surface area contributed by atoms with Gasteiger partial charge in [-0.05, 0) is 18.8 Å². The molecule has 0 aromatic rings. The van der Waals surface area contributed by atoms with Crippen molar-refractivity contribution < 1.29 is 14.3 Å². The SMILES string of the molecule is NC(=O)N1CCN(C(=O)OCC2CCCCC2)CC1. The summed E-state index contributed by atoms with van der Waals surface area (Å²) in [6.45, 7) is 2.54. The molecule has 2 fully saturated rings. The molecule has 0 bridgehead atoms. The van der Waals surface area contributed by atoms with Gasteiger partial charge in [0.05, 0.1) is 6.61 Å². The molecule has 1 aliphatic heterocycles. The summed E-state index contributed by atoms with van der Waals surface area (Å²) < 4.78 is 5.37. The molecule has 0 aromatic heterocycles. The number of hydrogen-bond acceptors (Lipinski definition) is 3. The van der Waals surface area contributed by atoms with Crippen LogP contribution in [0.4, 0.5) is 9.59 Å². The van der Waals surface area contributed by atoms with E-state index in [0.717, 1.165) is 0 Å². The first-order valence-electron chi connectivity index (χ1n) is 7.13. The van der Waals surface area contributed by atoms with Crippen LogP contribution in [0.5, 0.6) is 0 Å². The van der Waals surface area contributed by atoms with E-state index < -0.39 is 6.03 Å². The minimum atomic E-state index is -0.421. The molecule has 1 saturated heterocycles. The first kappa shape index (κ1) is 14.0. The van der Waals surface area contributed by atoms with Crippen LogP contribution in [0.1, 0.15) is 32.1 Å². The van der Waals surface area contributed by atoms with Gasteiger partial charge >= 0.3 is 12.1 Å². The lowest BCUT2D eigenvalue weighted by atomic mass is 9.90. The van der Waals surface area contributed by atoms with Crippen molar-refractivity contribution in [3.8, 4) is 0 Å². The monoisotopic (exact) mass is 269 g/mol. The van der Waals surface area contributed by atoms with Crippen molar-refractivity contribution in [1.82, 2.24) is 9.80 Å². The van der Waals surface area contributed by atoms with Crippen molar-refractivity contribution in [3.05, 3.63) is 0 Å². The average molecular weight is 269 g/mol. The summed E-state index contributed by atoms with van der Waals surface area (Å²) in [6.07, 6.45) is 5.89. The Kier molecular flexibility index (Phi) is 4.87. The molecule has 108 valence electrons. The summed E-state index contributed by atoms with van der Waals surface area (Å²) in [7, 11) is 0. The Hall–Kier alpha value is -1.46. The van der Waals surface area contributed by atoms with Crippen LogP contribution in [-0.4, -0.2) is 54.7 Å². The van der Waals surface area contributed by atoms with Gasteiger partial charge in [0.25, 0.3) is 0 Å². The molecule has 0 aromatic carbocycles. The van der Waals surface area contributed by atoms with Gasteiger partial charge in [-0.25, -0.2) is 9.59 Å². The van der Waals surface area contributed by atoms with Crippen LogP contribution in [0, 0.1) is 5.92 Å². The van der Waals surface area contributed by atoms with E-state index in [1.165, 1.54) is 32.1 Å². The van der Waals surface area contributed by atoms with Crippen molar-refractivity contribution >= 4 is 12.1 Å². The molecule has 1 aliphatic carbocycles. The quantitative estimate of drug-likeness (QED) is 0.823. The number of piperazine rings is 1. The molecule has 6 nitrogen and oxygen atoms in total. The maximum Gasteiger partial charge on any atom is 0.409 e.